The van der Waals surface area contributed by atoms with Crippen LogP contribution in [0.25, 0.3) is 16.5 Å². The number of piperazine rings is 1. The van der Waals surface area contributed by atoms with Gasteiger partial charge in [0.1, 0.15) is 22.6 Å². The van der Waals surface area contributed by atoms with E-state index < -0.39 is 11.5 Å². The van der Waals surface area contributed by atoms with Crippen molar-refractivity contribution in [2.75, 3.05) is 51.8 Å². The van der Waals surface area contributed by atoms with Gasteiger partial charge in [0, 0.05) is 56.6 Å². The van der Waals surface area contributed by atoms with Crippen molar-refractivity contribution < 1.29 is 19.0 Å². The Bertz CT molecular complexity index is 2600. The van der Waals surface area contributed by atoms with E-state index in [2.05, 4.69) is 112 Å². The molecule has 1 unspecified atom stereocenters. The Morgan fingerprint density at radius 2 is 1.37 bits per heavy atom. The van der Waals surface area contributed by atoms with Crippen LogP contribution in [0.2, 0.25) is 5.02 Å². The van der Waals surface area contributed by atoms with E-state index in [0.29, 0.717) is 17.1 Å². The molecule has 0 amide bonds. The number of benzene rings is 6. The fourth-order valence-corrected chi connectivity index (χ4v) is 9.57. The van der Waals surface area contributed by atoms with E-state index in [-0.39, 0.29) is 5.60 Å². The summed E-state index contributed by atoms with van der Waals surface area (Å²) in [5.74, 6) is 0.552. The third-order valence-electron chi connectivity index (χ3n) is 12.8. The first-order valence-corrected chi connectivity index (χ1v) is 21.7. The van der Waals surface area contributed by atoms with Gasteiger partial charge in [-0.15, -0.1) is 0 Å². The summed E-state index contributed by atoms with van der Waals surface area (Å²) in [7, 11) is 3.23. The topological polar surface area (TPSA) is 69.1 Å². The largest absolute Gasteiger partial charge is 0.465 e. The molecule has 7 aromatic rings. The van der Waals surface area contributed by atoms with Crippen LogP contribution in [0.1, 0.15) is 58.8 Å². The number of fused-ring (bicyclic) bond motifs is 1. The molecule has 9 rings (SSSR count). The van der Waals surface area contributed by atoms with Crippen molar-refractivity contribution in [1.82, 2.24) is 14.7 Å². The molecule has 1 aromatic heterocycles. The van der Waals surface area contributed by atoms with Crippen LogP contribution in [0.15, 0.2) is 163 Å². The zero-order valence-corrected chi connectivity index (χ0v) is 36.2. The zero-order valence-electron chi connectivity index (χ0n) is 35.5. The molecular weight excluding hydrogens is 792 g/mol. The Kier molecular flexibility index (Phi) is 11.7. The van der Waals surface area contributed by atoms with Gasteiger partial charge in [0.05, 0.1) is 29.8 Å². The van der Waals surface area contributed by atoms with Crippen LogP contribution < -0.4 is 9.64 Å². The minimum atomic E-state index is -0.808. The number of methoxy groups -OCH3 is 2. The molecule has 314 valence electrons. The molecule has 1 atom stereocenters. The van der Waals surface area contributed by atoms with Gasteiger partial charge in [-0.05, 0) is 96.0 Å². The van der Waals surface area contributed by atoms with E-state index in [0.717, 1.165) is 90.3 Å². The van der Waals surface area contributed by atoms with Crippen molar-refractivity contribution in [3.8, 4) is 11.5 Å². The zero-order chi connectivity index (χ0) is 42.7. The molecule has 0 spiro atoms. The molecule has 9 heteroatoms. The molecule has 8 nitrogen and oxygen atoms in total. The molecule has 0 saturated carbocycles. The molecule has 1 fully saturated rings. The lowest BCUT2D eigenvalue weighted by Gasteiger charge is -2.40. The number of carbonyl (C=O) groups excluding carboxylic acids is 1. The summed E-state index contributed by atoms with van der Waals surface area (Å²) < 4.78 is 20.2. The lowest BCUT2D eigenvalue weighted by molar-refractivity contribution is -0.00391. The van der Waals surface area contributed by atoms with Crippen LogP contribution in [-0.4, -0.2) is 73.2 Å². The maximum atomic E-state index is 13.3. The summed E-state index contributed by atoms with van der Waals surface area (Å²) >= 11 is 6.27. The minimum Gasteiger partial charge on any atom is -0.465 e. The van der Waals surface area contributed by atoms with E-state index in [4.69, 9.17) is 30.9 Å². The quantitative estimate of drug-likeness (QED) is 0.0896. The van der Waals surface area contributed by atoms with E-state index in [1.807, 2.05) is 74.0 Å². The second kappa shape index (κ2) is 17.7. The third kappa shape index (κ3) is 7.90. The van der Waals surface area contributed by atoms with E-state index in [9.17, 15) is 4.79 Å². The average molecular weight is 843 g/mol. The smallest absolute Gasteiger partial charge is 0.341 e. The fourth-order valence-electron chi connectivity index (χ4n) is 9.45. The van der Waals surface area contributed by atoms with E-state index in [1.54, 1.807) is 0 Å². The van der Waals surface area contributed by atoms with Gasteiger partial charge < -0.3 is 19.1 Å². The van der Waals surface area contributed by atoms with Crippen LogP contribution in [0.4, 0.5) is 5.69 Å². The summed E-state index contributed by atoms with van der Waals surface area (Å²) in [6, 6.07) is 51.5. The highest BCUT2D eigenvalue weighted by Gasteiger charge is 2.40. The SMILES string of the molecule is COC(=O)c1ccc(N2CCN(CC3=C(c4ccc(Cl)cc4)CCC(C)(OC)C3)CC2)cc1Oc1cccc2c1cnn2C(c1ccccc1)(c1ccccc1)c1ccccc1. The second-order valence-corrected chi connectivity index (χ2v) is 16.9. The Labute approximate surface area is 368 Å². The number of anilines is 1. The van der Waals surface area contributed by atoms with Crippen molar-refractivity contribution in [3.63, 3.8) is 0 Å². The number of hydrogen-bond donors (Lipinski definition) is 0. The first-order valence-electron chi connectivity index (χ1n) is 21.3. The highest BCUT2D eigenvalue weighted by Crippen LogP contribution is 2.44. The van der Waals surface area contributed by atoms with Crippen molar-refractivity contribution in [3.05, 3.63) is 196 Å². The molecule has 0 radical (unpaired) electrons. The average Bonchev–Trinajstić information content (AvgIpc) is 3.76. The summed E-state index contributed by atoms with van der Waals surface area (Å²) in [5, 5.41) is 6.73. The summed E-state index contributed by atoms with van der Waals surface area (Å²) in [6.45, 7) is 6.54. The van der Waals surface area contributed by atoms with E-state index in [1.165, 1.54) is 23.8 Å². The number of aromatic nitrogens is 2. The molecule has 1 saturated heterocycles. The number of nitrogens with zero attached hydrogens (tertiary/aromatic N) is 4. The second-order valence-electron chi connectivity index (χ2n) is 16.5. The first-order chi connectivity index (χ1) is 30.3. The van der Waals surface area contributed by atoms with Crippen LogP contribution in [0, 0.1) is 0 Å². The molecule has 0 N–H and O–H groups in total. The Balaban J connectivity index is 1.02. The molecule has 2 aliphatic rings. The Morgan fingerprint density at radius 1 is 0.742 bits per heavy atom. The van der Waals surface area contributed by atoms with Crippen molar-refractivity contribution >= 4 is 39.7 Å². The normalized spacial score (nSPS) is 17.3. The number of rotatable bonds is 12. The Hall–Kier alpha value is -6.19. The molecule has 0 bridgehead atoms. The van der Waals surface area contributed by atoms with Gasteiger partial charge in [0.25, 0.3) is 0 Å². The number of allylic oxidation sites excluding steroid dienone is 1. The van der Waals surface area contributed by atoms with Gasteiger partial charge in [-0.1, -0.05) is 121 Å². The molecule has 62 heavy (non-hydrogen) atoms. The van der Waals surface area contributed by atoms with Crippen molar-refractivity contribution in [2.24, 2.45) is 0 Å². The molecular formula is C53H51ClN4O4. The van der Waals surface area contributed by atoms with Gasteiger partial charge in [-0.25, -0.2) is 9.48 Å². The van der Waals surface area contributed by atoms with Gasteiger partial charge in [-0.2, -0.15) is 5.10 Å². The molecule has 2 heterocycles. The maximum Gasteiger partial charge on any atom is 0.341 e. The van der Waals surface area contributed by atoms with Crippen molar-refractivity contribution in [1.29, 1.82) is 0 Å². The fraction of sp³-hybridized carbons (Fsp3) is 0.245. The number of ether oxygens (including phenoxy) is 3. The highest BCUT2D eigenvalue weighted by atomic mass is 35.5. The summed E-state index contributed by atoms with van der Waals surface area (Å²) in [4.78, 5) is 18.2. The van der Waals surface area contributed by atoms with Crippen LogP contribution in [0.3, 0.4) is 0 Å². The van der Waals surface area contributed by atoms with Crippen LogP contribution >= 0.6 is 11.6 Å². The van der Waals surface area contributed by atoms with Crippen LogP contribution in [0.5, 0.6) is 11.5 Å². The monoisotopic (exact) mass is 842 g/mol. The highest BCUT2D eigenvalue weighted by molar-refractivity contribution is 6.30. The third-order valence-corrected chi connectivity index (χ3v) is 13.1. The first kappa shape index (κ1) is 41.2. The number of halogens is 1. The predicted octanol–water partition coefficient (Wildman–Crippen LogP) is 11.3. The van der Waals surface area contributed by atoms with Crippen molar-refractivity contribution in [2.45, 2.75) is 37.3 Å². The molecule has 1 aliphatic carbocycles. The standard InChI is InChI=1S/C53H51ClN4O4/c1-52(61-3)29-28-45(38-22-24-43(54)25-23-38)39(35-52)37-56-30-32-57(33-31-56)44-26-27-46(51(59)60-2)50(34-44)62-49-21-13-20-48-47(49)36-55-58(48)53(40-14-7-4-8-15-40,41-16-9-5-10-17-41)42-18-11-6-12-19-42/h4-27,34,36H,28-33,35,37H2,1-3H3. The van der Waals surface area contributed by atoms with Gasteiger partial charge in [0.15, 0.2) is 0 Å². The minimum absolute atomic E-state index is 0.178. The lowest BCUT2D eigenvalue weighted by atomic mass is 9.77. The number of hydrogen-bond acceptors (Lipinski definition) is 7. The lowest BCUT2D eigenvalue weighted by Crippen LogP contribution is -2.47. The van der Waals surface area contributed by atoms with Gasteiger partial charge >= 0.3 is 5.97 Å². The van der Waals surface area contributed by atoms with Gasteiger partial charge in [-0.3, -0.25) is 4.90 Å². The maximum absolute atomic E-state index is 13.3. The summed E-state index contributed by atoms with van der Waals surface area (Å²) in [5.41, 5.74) is 8.52. The Morgan fingerprint density at radius 3 is 1.97 bits per heavy atom. The molecule has 6 aromatic carbocycles. The van der Waals surface area contributed by atoms with Gasteiger partial charge in [0.2, 0.25) is 0 Å². The summed E-state index contributed by atoms with van der Waals surface area (Å²) in [6.07, 6.45) is 4.72. The van der Waals surface area contributed by atoms with Crippen LogP contribution in [-0.2, 0) is 15.0 Å². The number of carbonyl (C=O) groups is 1. The molecule has 1 aliphatic heterocycles. The van der Waals surface area contributed by atoms with E-state index >= 15 is 0 Å². The predicted molar refractivity (Wildman–Crippen MR) is 248 cm³/mol. The number of esters is 1.